The molecule has 0 bridgehead atoms. The molecule has 1 aromatic heterocycles. The average Bonchev–Trinajstić information content (AvgIpc) is 2.49. The lowest BCUT2D eigenvalue weighted by Crippen LogP contribution is -2.45. The topological polar surface area (TPSA) is 58.5 Å². The first-order valence-electron chi connectivity index (χ1n) is 7.38. The highest BCUT2D eigenvalue weighted by molar-refractivity contribution is 14.0. The van der Waals surface area contributed by atoms with Crippen molar-refractivity contribution in [2.24, 2.45) is 10.9 Å². The van der Waals surface area contributed by atoms with Gasteiger partial charge in [-0.1, -0.05) is 13.8 Å². The number of hydrogen-bond donors (Lipinski definition) is 2. The number of aliphatic imine (C=N–C) groups is 1. The number of nitrogens with zero attached hydrogens (tertiary/aromatic N) is 2. The molecule has 24 heavy (non-hydrogen) atoms. The van der Waals surface area contributed by atoms with Gasteiger partial charge in [0.2, 0.25) is 5.88 Å². The second-order valence-corrected chi connectivity index (χ2v) is 5.38. The van der Waals surface area contributed by atoms with Crippen molar-refractivity contribution in [2.45, 2.75) is 33.0 Å². The fraction of sp³-hybridized carbons (Fsp3) is 0.600. The van der Waals surface area contributed by atoms with Crippen LogP contribution >= 0.6 is 24.0 Å². The highest BCUT2D eigenvalue weighted by atomic mass is 127. The summed E-state index contributed by atoms with van der Waals surface area (Å²) in [5.74, 6) is 0.583. The van der Waals surface area contributed by atoms with Crippen molar-refractivity contribution in [3.63, 3.8) is 0 Å². The Hall–Kier alpha value is -1.26. The summed E-state index contributed by atoms with van der Waals surface area (Å²) in [4.78, 5) is 7.69. The standard InChI is InChI=1S/C15H23F3N4O.HI/c1-10(2)11(3)22-14(19-4)21-8-9-23-13-12(15(16,17)18)6-5-7-20-13;/h5-7,10-11H,8-9H2,1-4H3,(H2,19,21,22);1H. The van der Waals surface area contributed by atoms with Crippen molar-refractivity contribution >= 4 is 29.9 Å². The molecule has 2 N–H and O–H groups in total. The molecule has 9 heteroatoms. The zero-order valence-electron chi connectivity index (χ0n) is 14.1. The molecule has 1 aromatic rings. The lowest BCUT2D eigenvalue weighted by molar-refractivity contribution is -0.139. The van der Waals surface area contributed by atoms with Gasteiger partial charge in [0.05, 0.1) is 6.54 Å². The summed E-state index contributed by atoms with van der Waals surface area (Å²) in [6.45, 7) is 6.52. The molecule has 0 radical (unpaired) electrons. The number of rotatable bonds is 6. The number of ether oxygens (including phenoxy) is 1. The molecule has 1 atom stereocenters. The van der Waals surface area contributed by atoms with E-state index in [4.69, 9.17) is 4.74 Å². The molecule has 0 amide bonds. The van der Waals surface area contributed by atoms with Gasteiger partial charge in [-0.2, -0.15) is 13.2 Å². The van der Waals surface area contributed by atoms with E-state index in [0.29, 0.717) is 18.4 Å². The first-order valence-corrected chi connectivity index (χ1v) is 7.38. The number of alkyl halides is 3. The van der Waals surface area contributed by atoms with Crippen LogP contribution in [-0.2, 0) is 6.18 Å². The Kier molecular flexibility index (Phi) is 10.0. The molecule has 0 spiro atoms. The highest BCUT2D eigenvalue weighted by Crippen LogP contribution is 2.34. The third kappa shape index (κ3) is 7.54. The first-order chi connectivity index (χ1) is 10.8. The van der Waals surface area contributed by atoms with Crippen LogP contribution in [0.4, 0.5) is 13.2 Å². The van der Waals surface area contributed by atoms with Crippen LogP contribution in [0.5, 0.6) is 5.88 Å². The summed E-state index contributed by atoms with van der Waals surface area (Å²) >= 11 is 0. The molecule has 0 aliphatic rings. The fourth-order valence-corrected chi connectivity index (χ4v) is 1.62. The normalized spacial score (nSPS) is 13.2. The van der Waals surface area contributed by atoms with Gasteiger partial charge in [0.15, 0.2) is 5.96 Å². The predicted octanol–water partition coefficient (Wildman–Crippen LogP) is 3.31. The van der Waals surface area contributed by atoms with Crippen LogP contribution in [0.2, 0.25) is 0 Å². The molecule has 5 nitrogen and oxygen atoms in total. The largest absolute Gasteiger partial charge is 0.475 e. The lowest BCUT2D eigenvalue weighted by atomic mass is 10.1. The second kappa shape index (κ2) is 10.6. The van der Waals surface area contributed by atoms with Crippen LogP contribution < -0.4 is 15.4 Å². The maximum absolute atomic E-state index is 12.8. The lowest BCUT2D eigenvalue weighted by Gasteiger charge is -2.20. The van der Waals surface area contributed by atoms with Crippen LogP contribution in [0.3, 0.4) is 0 Å². The van der Waals surface area contributed by atoms with Crippen molar-refractivity contribution in [3.8, 4) is 5.88 Å². The Morgan fingerprint density at radius 2 is 2.00 bits per heavy atom. The van der Waals surface area contributed by atoms with E-state index >= 15 is 0 Å². The molecule has 0 fully saturated rings. The van der Waals surface area contributed by atoms with E-state index in [9.17, 15) is 13.2 Å². The molecular weight excluding hydrogens is 436 g/mol. The van der Waals surface area contributed by atoms with Gasteiger partial charge in [-0.25, -0.2) is 4.98 Å². The summed E-state index contributed by atoms with van der Waals surface area (Å²) in [7, 11) is 1.63. The van der Waals surface area contributed by atoms with Crippen LogP contribution in [0.25, 0.3) is 0 Å². The summed E-state index contributed by atoms with van der Waals surface area (Å²) in [5, 5.41) is 6.18. The molecule has 0 aliphatic carbocycles. The van der Waals surface area contributed by atoms with Crippen molar-refractivity contribution in [3.05, 3.63) is 23.9 Å². The molecule has 1 rings (SSSR count). The van der Waals surface area contributed by atoms with Crippen LogP contribution in [-0.4, -0.2) is 37.2 Å². The summed E-state index contributed by atoms with van der Waals surface area (Å²) < 4.78 is 43.5. The number of nitrogens with one attached hydrogen (secondary N) is 2. The third-order valence-electron chi connectivity index (χ3n) is 3.30. The van der Waals surface area contributed by atoms with E-state index in [1.807, 2.05) is 6.92 Å². The zero-order chi connectivity index (χ0) is 17.5. The van der Waals surface area contributed by atoms with Gasteiger partial charge in [-0.3, -0.25) is 4.99 Å². The SMILES string of the molecule is CN=C(NCCOc1ncccc1C(F)(F)F)NC(C)C(C)C.I. The Labute approximate surface area is 157 Å². The highest BCUT2D eigenvalue weighted by Gasteiger charge is 2.34. The van der Waals surface area contributed by atoms with Gasteiger partial charge in [0.25, 0.3) is 0 Å². The zero-order valence-corrected chi connectivity index (χ0v) is 16.5. The molecule has 0 saturated heterocycles. The Bertz CT molecular complexity index is 524. The van der Waals surface area contributed by atoms with Crippen LogP contribution in [0, 0.1) is 5.92 Å². The molecule has 138 valence electrons. The summed E-state index contributed by atoms with van der Waals surface area (Å²) in [6.07, 6.45) is -3.22. The monoisotopic (exact) mass is 460 g/mol. The molecular formula is C15H24F3IN4O. The maximum atomic E-state index is 12.8. The summed E-state index contributed by atoms with van der Waals surface area (Å²) in [6, 6.07) is 2.39. The van der Waals surface area contributed by atoms with E-state index in [1.54, 1.807) is 7.05 Å². The number of aromatic nitrogens is 1. The molecule has 1 heterocycles. The van der Waals surface area contributed by atoms with Gasteiger partial charge in [0.1, 0.15) is 12.2 Å². The minimum absolute atomic E-state index is 0. The van der Waals surface area contributed by atoms with Crippen LogP contribution in [0.15, 0.2) is 23.3 Å². The summed E-state index contributed by atoms with van der Waals surface area (Å²) in [5.41, 5.74) is -0.879. The number of guanidine groups is 1. The molecule has 0 saturated carbocycles. The van der Waals surface area contributed by atoms with E-state index in [2.05, 4.69) is 34.5 Å². The Morgan fingerprint density at radius 3 is 2.54 bits per heavy atom. The molecule has 1 unspecified atom stereocenters. The van der Waals surface area contributed by atoms with E-state index in [-0.39, 0.29) is 36.6 Å². The number of hydrogen-bond acceptors (Lipinski definition) is 3. The van der Waals surface area contributed by atoms with Gasteiger partial charge in [0, 0.05) is 19.3 Å². The van der Waals surface area contributed by atoms with Crippen molar-refractivity contribution < 1.29 is 17.9 Å². The van der Waals surface area contributed by atoms with Crippen molar-refractivity contribution in [1.29, 1.82) is 0 Å². The smallest absolute Gasteiger partial charge is 0.421 e. The average molecular weight is 460 g/mol. The molecule has 0 aromatic carbocycles. The minimum Gasteiger partial charge on any atom is -0.475 e. The quantitative estimate of drug-likeness (QED) is 0.296. The Balaban J connectivity index is 0.00000529. The van der Waals surface area contributed by atoms with Crippen LogP contribution in [0.1, 0.15) is 26.3 Å². The van der Waals surface area contributed by atoms with Crippen molar-refractivity contribution in [1.82, 2.24) is 15.6 Å². The maximum Gasteiger partial charge on any atom is 0.421 e. The van der Waals surface area contributed by atoms with Gasteiger partial charge >= 0.3 is 6.18 Å². The predicted molar refractivity (Wildman–Crippen MR) is 98.9 cm³/mol. The fourth-order valence-electron chi connectivity index (χ4n) is 1.62. The third-order valence-corrected chi connectivity index (χ3v) is 3.30. The molecule has 0 aliphatic heterocycles. The Morgan fingerprint density at radius 1 is 1.33 bits per heavy atom. The van der Waals surface area contributed by atoms with E-state index in [1.165, 1.54) is 12.3 Å². The van der Waals surface area contributed by atoms with E-state index < -0.39 is 17.6 Å². The van der Waals surface area contributed by atoms with Crippen molar-refractivity contribution in [2.75, 3.05) is 20.2 Å². The van der Waals surface area contributed by atoms with Gasteiger partial charge in [-0.05, 0) is 25.0 Å². The van der Waals surface area contributed by atoms with Gasteiger partial charge < -0.3 is 15.4 Å². The minimum atomic E-state index is -4.48. The van der Waals surface area contributed by atoms with Gasteiger partial charge in [-0.15, -0.1) is 24.0 Å². The number of halogens is 4. The number of pyridine rings is 1. The second-order valence-electron chi connectivity index (χ2n) is 5.38. The first kappa shape index (κ1) is 22.7. The van der Waals surface area contributed by atoms with E-state index in [0.717, 1.165) is 6.07 Å².